The number of carbonyl (C=O) groups is 1. The second-order valence-corrected chi connectivity index (χ2v) is 5.64. The number of likely N-dealkylation sites (N-methyl/N-ethyl adjacent to an activating group) is 1. The molecular formula is C18H24N2O2. The van der Waals surface area contributed by atoms with Crippen molar-refractivity contribution in [1.82, 2.24) is 4.90 Å². The molecule has 2 aromatic rings. The number of carbonyl (C=O) groups excluding carboxylic acids is 1. The van der Waals surface area contributed by atoms with Crippen molar-refractivity contribution in [2.45, 2.75) is 39.3 Å². The highest BCUT2D eigenvalue weighted by molar-refractivity contribution is 5.91. The lowest BCUT2D eigenvalue weighted by Gasteiger charge is -2.26. The summed E-state index contributed by atoms with van der Waals surface area (Å²) in [5.41, 5.74) is 8.00. The van der Waals surface area contributed by atoms with Gasteiger partial charge < -0.3 is 15.1 Å². The van der Waals surface area contributed by atoms with Gasteiger partial charge >= 0.3 is 0 Å². The number of nitrogens with two attached hydrogens (primary N) is 1. The van der Waals surface area contributed by atoms with Crippen LogP contribution >= 0.6 is 0 Å². The van der Waals surface area contributed by atoms with E-state index in [0.29, 0.717) is 18.1 Å². The van der Waals surface area contributed by atoms with Gasteiger partial charge in [0.1, 0.15) is 5.76 Å². The fourth-order valence-corrected chi connectivity index (χ4v) is 2.49. The van der Waals surface area contributed by atoms with Crippen molar-refractivity contribution in [2.75, 3.05) is 7.05 Å². The highest BCUT2D eigenvalue weighted by Gasteiger charge is 2.22. The van der Waals surface area contributed by atoms with Crippen LogP contribution in [0.1, 0.15) is 40.8 Å². The van der Waals surface area contributed by atoms with Gasteiger partial charge in [-0.15, -0.1) is 0 Å². The van der Waals surface area contributed by atoms with Crippen LogP contribution in [0.2, 0.25) is 0 Å². The Bertz CT molecular complexity index is 616. The Balaban J connectivity index is 2.08. The molecule has 1 amide bonds. The van der Waals surface area contributed by atoms with Crippen molar-refractivity contribution in [2.24, 2.45) is 5.73 Å². The van der Waals surface area contributed by atoms with Crippen molar-refractivity contribution in [3.05, 3.63) is 59.0 Å². The van der Waals surface area contributed by atoms with Gasteiger partial charge in [-0.1, -0.05) is 36.8 Å². The van der Waals surface area contributed by atoms with Gasteiger partial charge in [0.15, 0.2) is 5.76 Å². The molecule has 1 atom stereocenters. The molecule has 0 aliphatic heterocycles. The molecule has 0 saturated heterocycles. The summed E-state index contributed by atoms with van der Waals surface area (Å²) in [5, 5.41) is 0. The maximum absolute atomic E-state index is 12.5. The molecule has 2 N–H and O–H groups in total. The molecule has 0 unspecified atom stereocenters. The summed E-state index contributed by atoms with van der Waals surface area (Å²) in [7, 11) is 1.83. The second-order valence-electron chi connectivity index (χ2n) is 5.64. The lowest BCUT2D eigenvalue weighted by molar-refractivity contribution is 0.0693. The van der Waals surface area contributed by atoms with Gasteiger partial charge in [-0.25, -0.2) is 0 Å². The van der Waals surface area contributed by atoms with Crippen LogP contribution in [0.25, 0.3) is 0 Å². The minimum atomic E-state index is -0.0985. The summed E-state index contributed by atoms with van der Waals surface area (Å²) >= 11 is 0. The number of amides is 1. The van der Waals surface area contributed by atoms with E-state index in [-0.39, 0.29) is 11.9 Å². The molecule has 2 rings (SSSR count). The van der Waals surface area contributed by atoms with E-state index in [1.54, 1.807) is 17.0 Å². The highest BCUT2D eigenvalue weighted by Crippen LogP contribution is 2.16. The molecule has 0 fully saturated rings. The van der Waals surface area contributed by atoms with Crippen LogP contribution in [-0.4, -0.2) is 23.9 Å². The molecule has 0 spiro atoms. The average molecular weight is 300 g/mol. The number of hydrogen-bond acceptors (Lipinski definition) is 3. The lowest BCUT2D eigenvalue weighted by Crippen LogP contribution is -2.38. The Kier molecular flexibility index (Phi) is 5.39. The molecule has 1 heterocycles. The van der Waals surface area contributed by atoms with Gasteiger partial charge in [0, 0.05) is 13.1 Å². The average Bonchev–Trinajstić information content (AvgIpc) is 3.02. The van der Waals surface area contributed by atoms with Crippen LogP contribution in [0, 0.1) is 6.92 Å². The zero-order valence-corrected chi connectivity index (χ0v) is 13.5. The predicted octanol–water partition coefficient (Wildman–Crippen LogP) is 3.14. The third kappa shape index (κ3) is 3.77. The molecule has 1 aromatic heterocycles. The number of benzene rings is 1. The van der Waals surface area contributed by atoms with Crippen molar-refractivity contribution >= 4 is 5.91 Å². The molecular weight excluding hydrogens is 276 g/mol. The predicted molar refractivity (Wildman–Crippen MR) is 87.7 cm³/mol. The lowest BCUT2D eigenvalue weighted by atomic mass is 10.0. The number of hydrogen-bond donors (Lipinski definition) is 1. The van der Waals surface area contributed by atoms with Crippen LogP contribution in [0.15, 0.2) is 40.8 Å². The molecule has 1 aromatic carbocycles. The molecule has 0 aliphatic rings. The van der Waals surface area contributed by atoms with E-state index >= 15 is 0 Å². The second kappa shape index (κ2) is 7.27. The van der Waals surface area contributed by atoms with Gasteiger partial charge in [0.25, 0.3) is 5.91 Å². The monoisotopic (exact) mass is 300 g/mol. The summed E-state index contributed by atoms with van der Waals surface area (Å²) in [6.07, 6.45) is 1.73. The molecule has 4 nitrogen and oxygen atoms in total. The summed E-state index contributed by atoms with van der Waals surface area (Å²) in [6, 6.07) is 12.0. The van der Waals surface area contributed by atoms with Gasteiger partial charge in [0.05, 0.1) is 6.54 Å². The van der Waals surface area contributed by atoms with Crippen molar-refractivity contribution in [3.63, 3.8) is 0 Å². The van der Waals surface area contributed by atoms with Crippen LogP contribution in [0.3, 0.4) is 0 Å². The van der Waals surface area contributed by atoms with Gasteiger partial charge in [0.2, 0.25) is 0 Å². The van der Waals surface area contributed by atoms with Crippen LogP contribution in [-0.2, 0) is 13.0 Å². The van der Waals surface area contributed by atoms with E-state index in [2.05, 4.69) is 38.1 Å². The molecule has 4 heteroatoms. The Labute approximate surface area is 131 Å². The van der Waals surface area contributed by atoms with Crippen LogP contribution in [0.4, 0.5) is 0 Å². The van der Waals surface area contributed by atoms with E-state index in [1.807, 2.05) is 7.05 Å². The van der Waals surface area contributed by atoms with E-state index in [9.17, 15) is 4.79 Å². The third-order valence-corrected chi connectivity index (χ3v) is 4.00. The van der Waals surface area contributed by atoms with E-state index in [0.717, 1.165) is 12.8 Å². The Morgan fingerprint density at radius 2 is 1.91 bits per heavy atom. The first kappa shape index (κ1) is 16.3. The molecule has 22 heavy (non-hydrogen) atoms. The van der Waals surface area contributed by atoms with Gasteiger partial charge in [-0.3, -0.25) is 4.79 Å². The van der Waals surface area contributed by atoms with E-state index in [4.69, 9.17) is 10.2 Å². The van der Waals surface area contributed by atoms with E-state index < -0.39 is 0 Å². The van der Waals surface area contributed by atoms with Crippen molar-refractivity contribution in [1.29, 1.82) is 0 Å². The Morgan fingerprint density at radius 1 is 1.23 bits per heavy atom. The minimum absolute atomic E-state index is 0.0985. The third-order valence-electron chi connectivity index (χ3n) is 4.00. The first-order valence-corrected chi connectivity index (χ1v) is 7.66. The summed E-state index contributed by atoms with van der Waals surface area (Å²) in [6.45, 7) is 4.47. The zero-order chi connectivity index (χ0) is 16.1. The largest absolute Gasteiger partial charge is 0.455 e. The van der Waals surface area contributed by atoms with Crippen LogP contribution < -0.4 is 5.73 Å². The normalized spacial score (nSPS) is 12.2. The summed E-state index contributed by atoms with van der Waals surface area (Å²) < 4.78 is 5.46. The fourth-order valence-electron chi connectivity index (χ4n) is 2.49. The van der Waals surface area contributed by atoms with E-state index in [1.165, 1.54) is 11.1 Å². The minimum Gasteiger partial charge on any atom is -0.455 e. The topological polar surface area (TPSA) is 59.5 Å². The number of aryl methyl sites for hydroxylation is 1. The fraction of sp³-hybridized carbons (Fsp3) is 0.389. The first-order valence-electron chi connectivity index (χ1n) is 7.66. The van der Waals surface area contributed by atoms with Gasteiger partial charge in [-0.2, -0.15) is 0 Å². The molecule has 0 bridgehead atoms. The smallest absolute Gasteiger partial charge is 0.289 e. The Morgan fingerprint density at radius 3 is 2.45 bits per heavy atom. The van der Waals surface area contributed by atoms with Crippen LogP contribution in [0.5, 0.6) is 0 Å². The summed E-state index contributed by atoms with van der Waals surface area (Å²) in [5.74, 6) is 0.882. The number of rotatable bonds is 6. The van der Waals surface area contributed by atoms with Crippen molar-refractivity contribution in [3.8, 4) is 0 Å². The molecule has 118 valence electrons. The van der Waals surface area contributed by atoms with Crippen molar-refractivity contribution < 1.29 is 9.21 Å². The highest BCUT2D eigenvalue weighted by atomic mass is 16.4. The zero-order valence-electron chi connectivity index (χ0n) is 13.5. The SMILES string of the molecule is CC[C@H](Cc1ccc(C)cc1)N(C)C(=O)c1ccc(CN)o1. The maximum atomic E-state index is 12.5. The molecule has 0 aliphatic carbocycles. The number of nitrogens with zero attached hydrogens (tertiary/aromatic N) is 1. The molecule has 0 saturated carbocycles. The van der Waals surface area contributed by atoms with Gasteiger partial charge in [-0.05, 0) is 37.5 Å². The maximum Gasteiger partial charge on any atom is 0.289 e. The standard InChI is InChI=1S/C18H24N2O2/c1-4-15(11-14-7-5-13(2)6-8-14)20(3)18(21)17-10-9-16(12-19)22-17/h5-10,15H,4,11-12,19H2,1-3H3/t15-/m1/s1. The molecule has 0 radical (unpaired) electrons. The quantitative estimate of drug-likeness (QED) is 0.891. The Hall–Kier alpha value is -2.07. The number of furan rings is 1. The first-order chi connectivity index (χ1) is 10.5. The summed E-state index contributed by atoms with van der Waals surface area (Å²) in [4.78, 5) is 14.3.